The minimum Gasteiger partial charge on any atom is -0.404 e. The Morgan fingerprint density at radius 3 is 2.40 bits per heavy atom. The zero-order chi connectivity index (χ0) is 17.8. The van der Waals surface area contributed by atoms with Crippen molar-refractivity contribution in [2.24, 2.45) is 0 Å². The maximum absolute atomic E-state index is 12.1. The predicted octanol–water partition coefficient (Wildman–Crippen LogP) is 3.30. The molecule has 0 atom stereocenters. The second-order valence-electron chi connectivity index (χ2n) is 4.88. The molecule has 8 heteroatoms. The first-order valence-electron chi connectivity index (χ1n) is 7.07. The predicted molar refractivity (Wildman–Crippen MR) is 91.9 cm³/mol. The van der Waals surface area contributed by atoms with Crippen molar-refractivity contribution in [2.45, 2.75) is 0 Å². The van der Waals surface area contributed by atoms with Crippen LogP contribution in [0.1, 0.15) is 10.4 Å². The Morgan fingerprint density at radius 1 is 1.08 bits per heavy atom. The lowest BCUT2D eigenvalue weighted by Crippen LogP contribution is -2.11. The highest BCUT2D eigenvalue weighted by Crippen LogP contribution is 2.22. The van der Waals surface area contributed by atoms with Gasteiger partial charge < -0.3 is 4.74 Å². The molecule has 0 aliphatic heterocycles. The smallest absolute Gasteiger partial charge is 0.344 e. The Kier molecular flexibility index (Phi) is 4.62. The molecule has 1 heterocycles. The van der Waals surface area contributed by atoms with E-state index in [2.05, 4.69) is 4.98 Å². The number of hydrogen-bond acceptors (Lipinski definition) is 7. The number of rotatable bonds is 4. The fraction of sp³-hybridized carbons (Fsp3) is 0. The number of non-ortho nitro benzene ring substituents is 1. The van der Waals surface area contributed by atoms with Crippen LogP contribution in [-0.4, -0.2) is 15.9 Å². The molecule has 0 N–H and O–H groups in total. The lowest BCUT2D eigenvalue weighted by atomic mass is 10.2. The van der Waals surface area contributed by atoms with Crippen LogP contribution in [0, 0.1) is 10.1 Å². The van der Waals surface area contributed by atoms with Gasteiger partial charge in [0.15, 0.2) is 0 Å². The fourth-order valence-corrected chi connectivity index (χ4v) is 2.75. The van der Waals surface area contributed by atoms with Gasteiger partial charge in [0, 0.05) is 17.7 Å². The Hall–Kier alpha value is -3.39. The van der Waals surface area contributed by atoms with E-state index in [4.69, 9.17) is 4.74 Å². The van der Waals surface area contributed by atoms with Gasteiger partial charge in [0.25, 0.3) is 5.69 Å². The molecule has 0 saturated carbocycles. The van der Waals surface area contributed by atoms with Crippen molar-refractivity contribution in [3.63, 3.8) is 0 Å². The van der Waals surface area contributed by atoms with Gasteiger partial charge in [-0.15, -0.1) is 0 Å². The second kappa shape index (κ2) is 7.02. The van der Waals surface area contributed by atoms with Crippen molar-refractivity contribution in [3.05, 3.63) is 85.9 Å². The van der Waals surface area contributed by atoms with Crippen LogP contribution in [0.5, 0.6) is 5.88 Å². The number of benzene rings is 2. The molecule has 0 amide bonds. The van der Waals surface area contributed by atoms with Crippen LogP contribution in [0.25, 0.3) is 10.6 Å². The molecular weight excluding hydrogens is 344 g/mol. The summed E-state index contributed by atoms with van der Waals surface area (Å²) in [5.74, 6) is -0.872. The monoisotopic (exact) mass is 354 g/mol. The molecule has 7 nitrogen and oxygen atoms in total. The third kappa shape index (κ3) is 3.93. The molecule has 0 bridgehead atoms. The topological polar surface area (TPSA) is 99.4 Å². The van der Waals surface area contributed by atoms with Gasteiger partial charge in [-0.3, -0.25) is 14.9 Å². The molecule has 0 aliphatic carbocycles. The molecule has 0 aliphatic rings. The van der Waals surface area contributed by atoms with Crippen molar-refractivity contribution >= 4 is 23.0 Å². The summed E-state index contributed by atoms with van der Waals surface area (Å²) in [5, 5.41) is 11.1. The minimum atomic E-state index is -0.753. The summed E-state index contributed by atoms with van der Waals surface area (Å²) in [6.07, 6.45) is 0. The molecule has 3 rings (SSSR count). The lowest BCUT2D eigenvalue weighted by Gasteiger charge is -2.05. The van der Waals surface area contributed by atoms with Gasteiger partial charge in [-0.1, -0.05) is 41.7 Å². The van der Waals surface area contributed by atoms with Crippen molar-refractivity contribution in [2.75, 3.05) is 0 Å². The molecule has 25 heavy (non-hydrogen) atoms. The van der Waals surface area contributed by atoms with Crippen LogP contribution in [0.4, 0.5) is 5.69 Å². The van der Waals surface area contributed by atoms with Crippen LogP contribution in [0.3, 0.4) is 0 Å². The van der Waals surface area contributed by atoms with Crippen LogP contribution in [0.2, 0.25) is 0 Å². The zero-order valence-corrected chi connectivity index (χ0v) is 13.4. The van der Waals surface area contributed by atoms with Crippen molar-refractivity contribution in [3.8, 4) is 16.5 Å². The maximum Gasteiger partial charge on any atom is 0.344 e. The SMILES string of the molecule is O=C(Oc1cc(=O)sc(-c2ccccc2)n1)c1ccc([N+](=O)[O-])cc1. The normalized spacial score (nSPS) is 10.2. The van der Waals surface area contributed by atoms with E-state index in [1.54, 1.807) is 12.1 Å². The number of carbonyl (C=O) groups is 1. The van der Waals surface area contributed by atoms with E-state index < -0.39 is 10.9 Å². The number of carbonyl (C=O) groups excluding carboxylic acids is 1. The minimum absolute atomic E-state index is 0.119. The zero-order valence-electron chi connectivity index (χ0n) is 12.6. The quantitative estimate of drug-likeness (QED) is 0.405. The van der Waals surface area contributed by atoms with Crippen LogP contribution in [-0.2, 0) is 0 Å². The molecular formula is C17H10N2O5S. The second-order valence-corrected chi connectivity index (χ2v) is 5.87. The molecule has 0 unspecified atom stereocenters. The van der Waals surface area contributed by atoms with Crippen LogP contribution < -0.4 is 9.48 Å². The fourth-order valence-electron chi connectivity index (χ4n) is 2.01. The first kappa shape index (κ1) is 16.5. The summed E-state index contributed by atoms with van der Waals surface area (Å²) in [7, 11) is 0. The highest BCUT2D eigenvalue weighted by molar-refractivity contribution is 7.12. The van der Waals surface area contributed by atoms with Gasteiger partial charge in [-0.05, 0) is 12.1 Å². The van der Waals surface area contributed by atoms with Crippen LogP contribution >= 0.6 is 11.3 Å². The third-order valence-electron chi connectivity index (χ3n) is 3.18. The summed E-state index contributed by atoms with van der Waals surface area (Å²) < 4.78 is 4.83. The van der Waals surface area contributed by atoms with Crippen LogP contribution in [0.15, 0.2) is 65.5 Å². The highest BCUT2D eigenvalue weighted by Gasteiger charge is 2.14. The number of esters is 1. The number of aromatic nitrogens is 1. The standard InChI is InChI=1S/C17H10N2O5S/c20-15-10-14(18-16(25-15)11-4-2-1-3-5-11)24-17(21)12-6-8-13(9-7-12)19(22)23/h1-10H. The molecule has 1 aromatic heterocycles. The van der Waals surface area contributed by atoms with E-state index in [-0.39, 0.29) is 21.9 Å². The van der Waals surface area contributed by atoms with Crippen molar-refractivity contribution in [1.82, 2.24) is 4.98 Å². The molecule has 0 spiro atoms. The number of hydrogen-bond donors (Lipinski definition) is 0. The number of ether oxygens (including phenoxy) is 1. The first-order chi connectivity index (χ1) is 12.0. The van der Waals surface area contributed by atoms with Gasteiger partial charge >= 0.3 is 5.97 Å². The summed E-state index contributed by atoms with van der Waals surface area (Å²) in [6, 6.07) is 15.1. The Bertz CT molecular complexity index is 984. The highest BCUT2D eigenvalue weighted by atomic mass is 32.1. The Labute approximate surface area is 145 Å². The number of nitrogens with zero attached hydrogens (tertiary/aromatic N) is 2. The number of nitro groups is 1. The van der Waals surface area contributed by atoms with Gasteiger partial charge in [0.2, 0.25) is 10.6 Å². The molecule has 3 aromatic rings. The van der Waals surface area contributed by atoms with E-state index in [0.29, 0.717) is 5.01 Å². The summed E-state index contributed by atoms with van der Waals surface area (Å²) in [4.78, 5) is 38.2. The van der Waals surface area contributed by atoms with Crippen molar-refractivity contribution in [1.29, 1.82) is 0 Å². The lowest BCUT2D eigenvalue weighted by molar-refractivity contribution is -0.384. The molecule has 0 saturated heterocycles. The van der Waals surface area contributed by atoms with E-state index in [1.807, 2.05) is 18.2 Å². The Morgan fingerprint density at radius 2 is 1.76 bits per heavy atom. The first-order valence-corrected chi connectivity index (χ1v) is 7.89. The average molecular weight is 354 g/mol. The molecule has 124 valence electrons. The van der Waals surface area contributed by atoms with E-state index >= 15 is 0 Å². The van der Waals surface area contributed by atoms with E-state index in [1.165, 1.54) is 24.3 Å². The Balaban J connectivity index is 1.85. The molecule has 0 radical (unpaired) electrons. The summed E-state index contributed by atoms with van der Waals surface area (Å²) in [5.41, 5.74) is 0.718. The van der Waals surface area contributed by atoms with Crippen molar-refractivity contribution < 1.29 is 14.5 Å². The van der Waals surface area contributed by atoms with Gasteiger partial charge in [0.1, 0.15) is 5.01 Å². The van der Waals surface area contributed by atoms with Gasteiger partial charge in [0.05, 0.1) is 16.6 Å². The number of nitro benzene ring substituents is 1. The van der Waals surface area contributed by atoms with Gasteiger partial charge in [-0.25, -0.2) is 9.78 Å². The molecule has 2 aromatic carbocycles. The van der Waals surface area contributed by atoms with E-state index in [0.717, 1.165) is 23.0 Å². The third-order valence-corrected chi connectivity index (χ3v) is 4.02. The summed E-state index contributed by atoms with van der Waals surface area (Å²) in [6.45, 7) is 0. The largest absolute Gasteiger partial charge is 0.404 e. The molecule has 0 fully saturated rings. The maximum atomic E-state index is 12.1. The average Bonchev–Trinajstić information content (AvgIpc) is 2.62. The van der Waals surface area contributed by atoms with Gasteiger partial charge in [-0.2, -0.15) is 0 Å². The summed E-state index contributed by atoms with van der Waals surface area (Å²) >= 11 is 0.940. The van der Waals surface area contributed by atoms with E-state index in [9.17, 15) is 19.7 Å².